The Morgan fingerprint density at radius 1 is 0.308 bits per heavy atom. The van der Waals surface area contributed by atoms with Gasteiger partial charge in [-0.15, -0.1) is 0 Å². The Labute approximate surface area is 300 Å². The molecular weight excluding hydrogens is 631 g/mol. The van der Waals surface area contributed by atoms with Gasteiger partial charge in [-0.05, 0) is 114 Å². The average Bonchev–Trinajstić information content (AvgIpc) is 3.56. The second-order valence-corrected chi connectivity index (χ2v) is 13.7. The Morgan fingerprint density at radius 3 is 1.50 bits per heavy atom. The van der Waals surface area contributed by atoms with Gasteiger partial charge in [-0.1, -0.05) is 133 Å². The Bertz CT molecular complexity index is 3090. The lowest BCUT2D eigenvalue weighted by Crippen LogP contribution is -2.11. The molecule has 0 N–H and O–H groups in total. The van der Waals surface area contributed by atoms with Crippen molar-refractivity contribution in [2.45, 2.75) is 0 Å². The van der Waals surface area contributed by atoms with Crippen LogP contribution in [0.1, 0.15) is 0 Å². The van der Waals surface area contributed by atoms with Crippen LogP contribution in [0.25, 0.3) is 86.9 Å². The molecule has 0 aliphatic heterocycles. The fraction of sp³-hybridized carbons (Fsp3) is 0. The van der Waals surface area contributed by atoms with E-state index in [-0.39, 0.29) is 0 Å². The third-order valence-corrected chi connectivity index (χ3v) is 10.8. The number of hydrogen-bond donors (Lipinski definition) is 0. The number of anilines is 3. The summed E-state index contributed by atoms with van der Waals surface area (Å²) in [6.07, 6.45) is 0. The average molecular weight is 662 g/mol. The molecule has 2 nitrogen and oxygen atoms in total. The molecule has 52 heavy (non-hydrogen) atoms. The van der Waals surface area contributed by atoms with Crippen LogP contribution in [-0.4, -0.2) is 0 Å². The Hall–Kier alpha value is -6.90. The quantitative estimate of drug-likeness (QED) is 0.175. The lowest BCUT2D eigenvalue weighted by Gasteiger charge is -2.28. The van der Waals surface area contributed by atoms with E-state index in [2.05, 4.69) is 193 Å². The van der Waals surface area contributed by atoms with Crippen molar-refractivity contribution < 1.29 is 4.42 Å². The maximum Gasteiger partial charge on any atom is 0.136 e. The molecule has 0 spiro atoms. The van der Waals surface area contributed by atoms with Crippen molar-refractivity contribution in [3.8, 4) is 11.1 Å². The molecule has 0 aliphatic carbocycles. The molecule has 2 heteroatoms. The van der Waals surface area contributed by atoms with E-state index in [1.165, 1.54) is 53.9 Å². The summed E-state index contributed by atoms with van der Waals surface area (Å²) in [5.41, 5.74) is 7.42. The third-order valence-electron chi connectivity index (χ3n) is 10.8. The molecule has 11 rings (SSSR count). The monoisotopic (exact) mass is 661 g/mol. The molecular formula is C50H31NO. The first-order valence-corrected chi connectivity index (χ1v) is 17.8. The lowest BCUT2D eigenvalue weighted by atomic mass is 9.97. The summed E-state index contributed by atoms with van der Waals surface area (Å²) >= 11 is 0. The number of nitrogens with zero attached hydrogens (tertiary/aromatic N) is 1. The molecule has 0 saturated heterocycles. The third kappa shape index (κ3) is 4.51. The van der Waals surface area contributed by atoms with E-state index in [1.54, 1.807) is 0 Å². The predicted molar refractivity (Wildman–Crippen MR) is 221 cm³/mol. The molecule has 0 saturated carbocycles. The molecule has 0 amide bonds. The summed E-state index contributed by atoms with van der Waals surface area (Å²) in [5, 5.41) is 14.6. The van der Waals surface area contributed by atoms with E-state index >= 15 is 0 Å². The summed E-state index contributed by atoms with van der Waals surface area (Å²) in [5.74, 6) is 0. The minimum Gasteiger partial charge on any atom is -0.456 e. The van der Waals surface area contributed by atoms with Gasteiger partial charge in [0.25, 0.3) is 0 Å². The number of rotatable bonds is 4. The van der Waals surface area contributed by atoms with Crippen LogP contribution in [0, 0.1) is 0 Å². The summed E-state index contributed by atoms with van der Waals surface area (Å²) in [6, 6.07) is 68.3. The van der Waals surface area contributed by atoms with Crippen LogP contribution in [0.4, 0.5) is 17.1 Å². The maximum atomic E-state index is 6.40. The molecule has 0 atom stereocenters. The van der Waals surface area contributed by atoms with E-state index in [0.29, 0.717) is 0 Å². The molecule has 0 unspecified atom stereocenters. The van der Waals surface area contributed by atoms with Crippen molar-refractivity contribution in [3.05, 3.63) is 188 Å². The normalized spacial score (nSPS) is 11.8. The zero-order chi connectivity index (χ0) is 34.2. The summed E-state index contributed by atoms with van der Waals surface area (Å²) in [7, 11) is 0. The van der Waals surface area contributed by atoms with Gasteiger partial charge in [0.1, 0.15) is 11.2 Å². The predicted octanol–water partition coefficient (Wildman–Crippen LogP) is 14.5. The van der Waals surface area contributed by atoms with Crippen LogP contribution >= 0.6 is 0 Å². The molecule has 0 radical (unpaired) electrons. The van der Waals surface area contributed by atoms with Crippen molar-refractivity contribution in [1.82, 2.24) is 0 Å². The molecule has 11 aromatic rings. The Kier molecular flexibility index (Phi) is 6.28. The molecule has 0 aliphatic rings. The van der Waals surface area contributed by atoms with Crippen molar-refractivity contribution in [2.24, 2.45) is 0 Å². The Balaban J connectivity index is 1.14. The number of fused-ring (bicyclic) bond motifs is 10. The van der Waals surface area contributed by atoms with Gasteiger partial charge in [-0.3, -0.25) is 0 Å². The van der Waals surface area contributed by atoms with Gasteiger partial charge in [0.2, 0.25) is 0 Å². The molecule has 0 bridgehead atoms. The second kappa shape index (κ2) is 11.3. The highest BCUT2D eigenvalue weighted by atomic mass is 16.3. The maximum absolute atomic E-state index is 6.40. The molecule has 10 aromatic carbocycles. The first-order valence-electron chi connectivity index (χ1n) is 17.8. The van der Waals surface area contributed by atoms with Gasteiger partial charge in [-0.2, -0.15) is 0 Å². The van der Waals surface area contributed by atoms with Gasteiger partial charge in [-0.25, -0.2) is 0 Å². The highest BCUT2D eigenvalue weighted by Crippen LogP contribution is 2.44. The van der Waals surface area contributed by atoms with Crippen LogP contribution in [0.5, 0.6) is 0 Å². The minimum absolute atomic E-state index is 0.895. The zero-order valence-electron chi connectivity index (χ0n) is 28.3. The van der Waals surface area contributed by atoms with E-state index in [4.69, 9.17) is 4.42 Å². The van der Waals surface area contributed by atoms with Crippen molar-refractivity contribution in [2.75, 3.05) is 4.90 Å². The summed E-state index contributed by atoms with van der Waals surface area (Å²) in [6.45, 7) is 0. The standard InChI is InChI=1S/C50H31NO/c1-2-12-35-31-50-47(29-34(35)11-1)46-30-38(21-26-49(46)52-50)45-15-7-8-16-48(45)51(39-22-24-43-36(27-39)19-17-32-9-3-5-13-41(32)43)40-23-25-44-37(28-40)20-18-33-10-4-6-14-42(33)44/h1-31H. The highest BCUT2D eigenvalue weighted by Gasteiger charge is 2.20. The van der Waals surface area contributed by atoms with Crippen molar-refractivity contribution in [3.63, 3.8) is 0 Å². The van der Waals surface area contributed by atoms with E-state index < -0.39 is 0 Å². The van der Waals surface area contributed by atoms with E-state index in [9.17, 15) is 0 Å². The van der Waals surface area contributed by atoms with E-state index in [1.807, 2.05) is 0 Å². The van der Waals surface area contributed by atoms with Gasteiger partial charge in [0.05, 0.1) is 5.69 Å². The largest absolute Gasteiger partial charge is 0.456 e. The number of furan rings is 1. The number of hydrogen-bond acceptors (Lipinski definition) is 2. The fourth-order valence-electron chi connectivity index (χ4n) is 8.25. The van der Waals surface area contributed by atoms with Gasteiger partial charge < -0.3 is 9.32 Å². The van der Waals surface area contributed by atoms with Crippen LogP contribution < -0.4 is 4.90 Å². The van der Waals surface area contributed by atoms with Crippen molar-refractivity contribution in [1.29, 1.82) is 0 Å². The first-order chi connectivity index (χ1) is 25.7. The van der Waals surface area contributed by atoms with Crippen LogP contribution in [0.2, 0.25) is 0 Å². The minimum atomic E-state index is 0.895. The summed E-state index contributed by atoms with van der Waals surface area (Å²) in [4.78, 5) is 2.42. The summed E-state index contributed by atoms with van der Waals surface area (Å²) < 4.78 is 6.40. The lowest BCUT2D eigenvalue weighted by molar-refractivity contribution is 0.669. The Morgan fingerprint density at radius 2 is 0.827 bits per heavy atom. The number of benzene rings is 10. The van der Waals surface area contributed by atoms with Crippen LogP contribution in [0.3, 0.4) is 0 Å². The number of para-hydroxylation sites is 1. The second-order valence-electron chi connectivity index (χ2n) is 13.7. The van der Waals surface area contributed by atoms with Crippen molar-refractivity contribution >= 4 is 92.9 Å². The van der Waals surface area contributed by atoms with Gasteiger partial charge in [0, 0.05) is 27.7 Å². The van der Waals surface area contributed by atoms with Crippen LogP contribution in [-0.2, 0) is 0 Å². The smallest absolute Gasteiger partial charge is 0.136 e. The van der Waals surface area contributed by atoms with Crippen LogP contribution in [0.15, 0.2) is 192 Å². The molecule has 1 heterocycles. The van der Waals surface area contributed by atoms with Gasteiger partial charge >= 0.3 is 0 Å². The SMILES string of the molecule is c1ccc(N(c2ccc3c(ccc4ccccc43)c2)c2ccc3c(ccc4ccccc43)c2)c(-c2ccc3oc4cc5ccccc5cc4c3c2)c1. The van der Waals surface area contributed by atoms with Gasteiger partial charge in [0.15, 0.2) is 0 Å². The topological polar surface area (TPSA) is 16.4 Å². The molecule has 242 valence electrons. The molecule has 1 aromatic heterocycles. The highest BCUT2D eigenvalue weighted by molar-refractivity contribution is 6.13. The first kappa shape index (κ1) is 28.9. The van der Waals surface area contributed by atoms with E-state index in [0.717, 1.165) is 50.1 Å². The fourth-order valence-corrected chi connectivity index (χ4v) is 8.25. The molecule has 0 fully saturated rings. The zero-order valence-corrected chi connectivity index (χ0v) is 28.3.